The second-order valence-electron chi connectivity index (χ2n) is 4.03. The minimum atomic E-state index is 1.17. The number of rotatable bonds is 5. The maximum atomic E-state index is 2.30. The van der Waals surface area contributed by atoms with Crippen LogP contribution in [0.5, 0.6) is 0 Å². The molecule has 0 heterocycles. The molecule has 0 nitrogen and oxygen atoms in total. The molecule has 80 valence electrons. The number of allylic oxidation sites excluding steroid dienone is 3. The van der Waals surface area contributed by atoms with Gasteiger partial charge in [-0.1, -0.05) is 54.1 Å². The van der Waals surface area contributed by atoms with Gasteiger partial charge in [-0.3, -0.25) is 0 Å². The molecule has 15 heavy (non-hydrogen) atoms. The first-order valence-electron chi connectivity index (χ1n) is 5.64. The molecule has 1 aromatic rings. The topological polar surface area (TPSA) is 0 Å². The van der Waals surface area contributed by atoms with Gasteiger partial charge in [0.25, 0.3) is 0 Å². The van der Waals surface area contributed by atoms with E-state index in [1.54, 1.807) is 0 Å². The van der Waals surface area contributed by atoms with Crippen molar-refractivity contribution in [2.75, 3.05) is 0 Å². The summed E-state index contributed by atoms with van der Waals surface area (Å²) in [5, 5.41) is 0. The van der Waals surface area contributed by atoms with E-state index in [0.717, 1.165) is 0 Å². The molecule has 0 atom stereocenters. The molecule has 1 aromatic carbocycles. The minimum Gasteiger partial charge on any atom is -0.0859 e. The quantitative estimate of drug-likeness (QED) is 0.471. The monoisotopic (exact) mass is 200 g/mol. The maximum Gasteiger partial charge on any atom is -0.0260 e. The van der Waals surface area contributed by atoms with Crippen LogP contribution >= 0.6 is 0 Å². The lowest BCUT2D eigenvalue weighted by atomic mass is 10.1. The van der Waals surface area contributed by atoms with Gasteiger partial charge in [-0.2, -0.15) is 0 Å². The zero-order valence-electron chi connectivity index (χ0n) is 9.74. The molecule has 0 bridgehead atoms. The normalized spacial score (nSPS) is 10.5. The average molecular weight is 200 g/mol. The molecule has 0 unspecified atom stereocenters. The lowest BCUT2D eigenvalue weighted by molar-refractivity contribution is 0.864. The van der Waals surface area contributed by atoms with Crippen LogP contribution in [-0.2, 0) is 0 Å². The molecule has 0 amide bonds. The van der Waals surface area contributed by atoms with Crippen LogP contribution in [0.1, 0.15) is 38.7 Å². The van der Waals surface area contributed by atoms with Crippen LogP contribution in [0.15, 0.2) is 48.1 Å². The van der Waals surface area contributed by atoms with Crippen molar-refractivity contribution in [2.45, 2.75) is 33.1 Å². The highest BCUT2D eigenvalue weighted by atomic mass is 13.9. The fraction of sp³-hybridized carbons (Fsp3) is 0.333. The van der Waals surface area contributed by atoms with Crippen molar-refractivity contribution in [3.8, 4) is 0 Å². The third-order valence-corrected chi connectivity index (χ3v) is 2.24. The van der Waals surface area contributed by atoms with Crippen LogP contribution in [0.4, 0.5) is 0 Å². The van der Waals surface area contributed by atoms with E-state index in [1.165, 1.54) is 30.4 Å². The Kier molecular flexibility index (Phi) is 5.54. The van der Waals surface area contributed by atoms with E-state index in [2.05, 4.69) is 56.3 Å². The molecule has 0 fully saturated rings. The van der Waals surface area contributed by atoms with Gasteiger partial charge in [0.05, 0.1) is 0 Å². The summed E-state index contributed by atoms with van der Waals surface area (Å²) in [5.41, 5.74) is 2.71. The molecule has 0 aliphatic rings. The molecular weight excluding hydrogens is 180 g/mol. The molecule has 0 saturated carbocycles. The van der Waals surface area contributed by atoms with Crippen LogP contribution in [0.3, 0.4) is 0 Å². The first kappa shape index (κ1) is 11.8. The van der Waals surface area contributed by atoms with Gasteiger partial charge in [-0.15, -0.1) is 0 Å². The Bertz CT molecular complexity index is 313. The van der Waals surface area contributed by atoms with Gasteiger partial charge >= 0.3 is 0 Å². The standard InChI is InChI=1S/C15H20/c1-14(2)10-6-3-4-7-11-15-12-8-5-9-13-15/h5,7-13H,3-4,6H2,1-2H3/b11-7-. The third-order valence-electron chi connectivity index (χ3n) is 2.24. The summed E-state index contributed by atoms with van der Waals surface area (Å²) < 4.78 is 0. The van der Waals surface area contributed by atoms with Crippen LogP contribution in [0.25, 0.3) is 6.08 Å². The SMILES string of the molecule is CC(C)=CCCC/C=C\c1ccccc1. The average Bonchev–Trinajstić information content (AvgIpc) is 2.24. The summed E-state index contributed by atoms with van der Waals surface area (Å²) in [5.74, 6) is 0. The zero-order chi connectivity index (χ0) is 10.9. The molecule has 0 N–H and O–H groups in total. The smallest absolute Gasteiger partial charge is 0.0260 e. The highest BCUT2D eigenvalue weighted by Gasteiger charge is 1.84. The number of hydrogen-bond acceptors (Lipinski definition) is 0. The van der Waals surface area contributed by atoms with E-state index < -0.39 is 0 Å². The van der Waals surface area contributed by atoms with Crippen LogP contribution in [0, 0.1) is 0 Å². The predicted octanol–water partition coefficient (Wildman–Crippen LogP) is 4.84. The predicted molar refractivity (Wildman–Crippen MR) is 68.8 cm³/mol. The van der Waals surface area contributed by atoms with Gasteiger partial charge in [0.15, 0.2) is 0 Å². The molecule has 0 aliphatic carbocycles. The van der Waals surface area contributed by atoms with Gasteiger partial charge < -0.3 is 0 Å². The summed E-state index contributed by atoms with van der Waals surface area (Å²) >= 11 is 0. The van der Waals surface area contributed by atoms with E-state index in [0.29, 0.717) is 0 Å². The molecular formula is C15H20. The van der Waals surface area contributed by atoms with E-state index in [1.807, 2.05) is 6.07 Å². The molecule has 0 aliphatic heterocycles. The summed E-state index contributed by atoms with van der Waals surface area (Å²) in [6, 6.07) is 10.5. The molecule has 0 heteroatoms. The van der Waals surface area contributed by atoms with E-state index in [9.17, 15) is 0 Å². The van der Waals surface area contributed by atoms with Crippen LogP contribution in [0.2, 0.25) is 0 Å². The molecule has 0 saturated heterocycles. The number of unbranched alkanes of at least 4 members (excludes halogenated alkanes) is 2. The van der Waals surface area contributed by atoms with Gasteiger partial charge in [-0.25, -0.2) is 0 Å². The first-order valence-corrected chi connectivity index (χ1v) is 5.64. The molecule has 0 spiro atoms. The first-order chi connectivity index (χ1) is 7.29. The van der Waals surface area contributed by atoms with Crippen molar-refractivity contribution in [1.82, 2.24) is 0 Å². The van der Waals surface area contributed by atoms with E-state index in [-0.39, 0.29) is 0 Å². The van der Waals surface area contributed by atoms with Crippen molar-refractivity contribution in [3.63, 3.8) is 0 Å². The highest BCUT2D eigenvalue weighted by Crippen LogP contribution is 2.05. The van der Waals surface area contributed by atoms with Crippen LogP contribution < -0.4 is 0 Å². The lowest BCUT2D eigenvalue weighted by Crippen LogP contribution is -1.72. The largest absolute Gasteiger partial charge is 0.0859 e. The van der Waals surface area contributed by atoms with E-state index >= 15 is 0 Å². The van der Waals surface area contributed by atoms with Gasteiger partial charge in [-0.05, 0) is 38.7 Å². The van der Waals surface area contributed by atoms with Gasteiger partial charge in [0.1, 0.15) is 0 Å². The summed E-state index contributed by atoms with van der Waals surface area (Å²) in [4.78, 5) is 0. The Morgan fingerprint density at radius 3 is 2.47 bits per heavy atom. The Balaban J connectivity index is 2.21. The molecule has 0 aromatic heterocycles. The Labute approximate surface area is 93.3 Å². The van der Waals surface area contributed by atoms with Crippen molar-refractivity contribution < 1.29 is 0 Å². The second kappa shape index (κ2) is 7.05. The van der Waals surface area contributed by atoms with Crippen molar-refractivity contribution in [2.24, 2.45) is 0 Å². The Morgan fingerprint density at radius 1 is 1.07 bits per heavy atom. The summed E-state index contributed by atoms with van der Waals surface area (Å²) in [7, 11) is 0. The van der Waals surface area contributed by atoms with Gasteiger partial charge in [0, 0.05) is 0 Å². The summed E-state index contributed by atoms with van der Waals surface area (Å²) in [6.07, 6.45) is 10.4. The number of hydrogen-bond donors (Lipinski definition) is 0. The van der Waals surface area contributed by atoms with Crippen molar-refractivity contribution in [3.05, 3.63) is 53.6 Å². The van der Waals surface area contributed by atoms with Gasteiger partial charge in [0.2, 0.25) is 0 Å². The number of benzene rings is 1. The third kappa shape index (κ3) is 5.90. The maximum absolute atomic E-state index is 2.30. The van der Waals surface area contributed by atoms with E-state index in [4.69, 9.17) is 0 Å². The molecule has 1 rings (SSSR count). The lowest BCUT2D eigenvalue weighted by Gasteiger charge is -1.93. The van der Waals surface area contributed by atoms with Crippen molar-refractivity contribution >= 4 is 6.08 Å². The highest BCUT2D eigenvalue weighted by molar-refractivity contribution is 5.48. The van der Waals surface area contributed by atoms with Crippen molar-refractivity contribution in [1.29, 1.82) is 0 Å². The fourth-order valence-electron chi connectivity index (χ4n) is 1.41. The fourth-order valence-corrected chi connectivity index (χ4v) is 1.41. The Morgan fingerprint density at radius 2 is 1.80 bits per heavy atom. The zero-order valence-corrected chi connectivity index (χ0v) is 9.74. The Hall–Kier alpha value is -1.30. The second-order valence-corrected chi connectivity index (χ2v) is 4.03. The molecule has 0 radical (unpaired) electrons. The van der Waals surface area contributed by atoms with Crippen LogP contribution in [-0.4, -0.2) is 0 Å². The summed E-state index contributed by atoms with van der Waals surface area (Å²) in [6.45, 7) is 4.31. The minimum absolute atomic E-state index is 1.17.